The summed E-state index contributed by atoms with van der Waals surface area (Å²) in [4.78, 5) is 2.45. The first kappa shape index (κ1) is 16.5. The average Bonchev–Trinajstić information content (AvgIpc) is 2.62. The lowest BCUT2D eigenvalue weighted by atomic mass is 10.1. The van der Waals surface area contributed by atoms with Crippen molar-refractivity contribution >= 4 is 27.6 Å². The molecule has 2 aromatic rings. The monoisotopic (exact) mass is 345 g/mol. The molecular weight excluding hydrogens is 324 g/mol. The average molecular weight is 345 g/mol. The van der Waals surface area contributed by atoms with Crippen molar-refractivity contribution in [2.24, 2.45) is 0 Å². The highest BCUT2D eigenvalue weighted by atomic mass is 32.2. The van der Waals surface area contributed by atoms with E-state index in [-0.39, 0.29) is 0 Å². The summed E-state index contributed by atoms with van der Waals surface area (Å²) in [6.45, 7) is 2.04. The van der Waals surface area contributed by atoms with E-state index in [0.29, 0.717) is 36.8 Å². The van der Waals surface area contributed by atoms with Crippen LogP contribution in [-0.2, 0) is 10.0 Å². The van der Waals surface area contributed by atoms with Crippen LogP contribution in [0.25, 0.3) is 0 Å². The molecule has 3 rings (SSSR count). The van der Waals surface area contributed by atoms with Crippen molar-refractivity contribution in [2.75, 3.05) is 36.8 Å². The van der Waals surface area contributed by atoms with Crippen molar-refractivity contribution in [3.8, 4) is 0 Å². The smallest absolute Gasteiger partial charge is 0.243 e. The van der Waals surface area contributed by atoms with Crippen molar-refractivity contribution in [2.45, 2.75) is 4.90 Å². The van der Waals surface area contributed by atoms with Crippen LogP contribution >= 0.6 is 0 Å². The molecule has 6 nitrogen and oxygen atoms in total. The Morgan fingerprint density at radius 3 is 2.25 bits per heavy atom. The molecule has 0 spiro atoms. The quantitative estimate of drug-likeness (QED) is 0.601. The van der Waals surface area contributed by atoms with E-state index in [1.807, 2.05) is 18.2 Å². The summed E-state index contributed by atoms with van der Waals surface area (Å²) in [5.41, 5.74) is 8.31. The zero-order valence-corrected chi connectivity index (χ0v) is 14.1. The van der Waals surface area contributed by atoms with E-state index in [4.69, 9.17) is 11.1 Å². The molecule has 1 heterocycles. The number of rotatable bonds is 4. The van der Waals surface area contributed by atoms with Gasteiger partial charge in [-0.1, -0.05) is 24.3 Å². The molecule has 1 saturated heterocycles. The topological polar surface area (TPSA) is 92.2 Å². The van der Waals surface area contributed by atoms with E-state index in [1.165, 1.54) is 10.5 Å². The molecule has 0 atom stereocenters. The van der Waals surface area contributed by atoms with Gasteiger partial charge in [-0.25, -0.2) is 8.42 Å². The summed E-state index contributed by atoms with van der Waals surface area (Å²) in [7, 11) is -3.44. The van der Waals surface area contributed by atoms with Crippen LogP contribution in [0.1, 0.15) is 5.56 Å². The highest BCUT2D eigenvalue weighted by Crippen LogP contribution is 2.26. The van der Waals surface area contributed by atoms with Gasteiger partial charge in [0.25, 0.3) is 0 Å². The van der Waals surface area contributed by atoms with Crippen molar-refractivity contribution in [3.05, 3.63) is 54.1 Å². The van der Waals surface area contributed by atoms with E-state index in [2.05, 4.69) is 4.90 Å². The van der Waals surface area contributed by atoms with Gasteiger partial charge in [-0.2, -0.15) is 4.31 Å². The Hall–Kier alpha value is -2.38. The number of hydrogen-bond acceptors (Lipinski definition) is 4. The molecule has 126 valence electrons. The Morgan fingerprint density at radius 1 is 0.958 bits per heavy atom. The molecule has 0 amide bonds. The van der Waals surface area contributed by atoms with Crippen molar-refractivity contribution < 1.29 is 13.8 Å². The SMILES string of the molecule is Nc1cccc(N2CCN(S(=O)(=O)c3ccccc3)CC2)c1C=[NH2+]. The molecule has 1 fully saturated rings. The second-order valence-corrected chi connectivity index (χ2v) is 7.59. The van der Waals surface area contributed by atoms with E-state index in [9.17, 15) is 8.42 Å². The van der Waals surface area contributed by atoms with Crippen LogP contribution in [0.3, 0.4) is 0 Å². The molecule has 0 aliphatic carbocycles. The zero-order chi connectivity index (χ0) is 17.2. The summed E-state index contributed by atoms with van der Waals surface area (Å²) in [6, 6.07) is 14.2. The number of nitrogens with zero attached hydrogens (tertiary/aromatic N) is 2. The lowest BCUT2D eigenvalue weighted by Gasteiger charge is -2.36. The lowest BCUT2D eigenvalue weighted by Crippen LogP contribution is -2.49. The minimum atomic E-state index is -3.44. The van der Waals surface area contributed by atoms with Gasteiger partial charge in [0, 0.05) is 31.9 Å². The van der Waals surface area contributed by atoms with Crippen LogP contribution in [0.5, 0.6) is 0 Å². The van der Waals surface area contributed by atoms with E-state index in [1.54, 1.807) is 30.3 Å². The molecule has 0 radical (unpaired) electrons. The van der Waals surface area contributed by atoms with Crippen LogP contribution in [-0.4, -0.2) is 45.1 Å². The van der Waals surface area contributed by atoms with Crippen LogP contribution < -0.4 is 16.0 Å². The van der Waals surface area contributed by atoms with Crippen molar-refractivity contribution in [3.63, 3.8) is 0 Å². The maximum Gasteiger partial charge on any atom is 0.243 e. The predicted molar refractivity (Wildman–Crippen MR) is 95.4 cm³/mol. The first-order chi connectivity index (χ1) is 11.5. The summed E-state index contributed by atoms with van der Waals surface area (Å²) in [5.74, 6) is 0. The maximum atomic E-state index is 12.7. The summed E-state index contributed by atoms with van der Waals surface area (Å²) in [5, 5.41) is 5.69. The maximum absolute atomic E-state index is 12.7. The zero-order valence-electron chi connectivity index (χ0n) is 13.3. The first-order valence-corrected chi connectivity index (χ1v) is 9.21. The standard InChI is InChI=1S/C17H20N4O2S/c18-13-15-16(19)7-4-8-17(15)20-9-11-21(12-10-20)24(22,23)14-5-2-1-3-6-14/h1-8,13,18H,9-12,19H2/p+1. The first-order valence-electron chi connectivity index (χ1n) is 7.77. The highest BCUT2D eigenvalue weighted by molar-refractivity contribution is 7.89. The molecular formula is C17H21N4O2S+. The largest absolute Gasteiger partial charge is 0.398 e. The number of piperazine rings is 1. The molecule has 24 heavy (non-hydrogen) atoms. The Bertz CT molecular complexity index is 829. The Morgan fingerprint density at radius 2 is 1.62 bits per heavy atom. The summed E-state index contributed by atoms with van der Waals surface area (Å²) in [6.07, 6.45) is 1.50. The molecule has 0 bridgehead atoms. The van der Waals surface area contributed by atoms with Gasteiger partial charge in [-0.3, -0.25) is 5.41 Å². The Balaban J connectivity index is 1.77. The summed E-state index contributed by atoms with van der Waals surface area (Å²) < 4.78 is 26.9. The second-order valence-electron chi connectivity index (χ2n) is 5.65. The Kier molecular flexibility index (Phi) is 4.55. The van der Waals surface area contributed by atoms with E-state index < -0.39 is 10.0 Å². The van der Waals surface area contributed by atoms with Gasteiger partial charge >= 0.3 is 0 Å². The van der Waals surface area contributed by atoms with Gasteiger partial charge in [0.1, 0.15) is 0 Å². The minimum absolute atomic E-state index is 0.332. The molecule has 1 aliphatic heterocycles. The van der Waals surface area contributed by atoms with Gasteiger partial charge in [0.2, 0.25) is 10.0 Å². The van der Waals surface area contributed by atoms with Crippen LogP contribution in [0.15, 0.2) is 53.4 Å². The van der Waals surface area contributed by atoms with Crippen LogP contribution in [0, 0.1) is 0 Å². The molecule has 4 N–H and O–H groups in total. The fraction of sp³-hybridized carbons (Fsp3) is 0.235. The fourth-order valence-corrected chi connectivity index (χ4v) is 4.38. The normalized spacial score (nSPS) is 16.1. The van der Waals surface area contributed by atoms with Crippen LogP contribution in [0.2, 0.25) is 0 Å². The summed E-state index contributed by atoms with van der Waals surface area (Å²) >= 11 is 0. The third-order valence-corrected chi connectivity index (χ3v) is 6.16. The lowest BCUT2D eigenvalue weighted by molar-refractivity contribution is -0.104. The van der Waals surface area contributed by atoms with Gasteiger partial charge < -0.3 is 10.6 Å². The van der Waals surface area contributed by atoms with Gasteiger partial charge in [-0.15, -0.1) is 0 Å². The minimum Gasteiger partial charge on any atom is -0.398 e. The highest BCUT2D eigenvalue weighted by Gasteiger charge is 2.29. The van der Waals surface area contributed by atoms with Gasteiger partial charge in [-0.05, 0) is 24.3 Å². The van der Waals surface area contributed by atoms with Gasteiger partial charge in [0.05, 0.1) is 16.1 Å². The third kappa shape index (κ3) is 3.00. The predicted octanol–water partition coefficient (Wildman–Crippen LogP) is -0.0423. The van der Waals surface area contributed by atoms with Crippen molar-refractivity contribution in [1.29, 1.82) is 0 Å². The van der Waals surface area contributed by atoms with Crippen molar-refractivity contribution in [1.82, 2.24) is 4.31 Å². The third-order valence-electron chi connectivity index (χ3n) is 4.24. The molecule has 0 unspecified atom stereocenters. The number of anilines is 2. The fourth-order valence-electron chi connectivity index (χ4n) is 2.94. The number of nitrogen functional groups attached to an aromatic ring is 1. The number of hydrogen-bond donors (Lipinski definition) is 2. The van der Waals surface area contributed by atoms with Gasteiger partial charge in [0.15, 0.2) is 6.21 Å². The van der Waals surface area contributed by atoms with E-state index in [0.717, 1.165) is 11.3 Å². The molecule has 7 heteroatoms. The van der Waals surface area contributed by atoms with E-state index >= 15 is 0 Å². The number of nitrogens with two attached hydrogens (primary N) is 2. The molecule has 1 aliphatic rings. The molecule has 0 saturated carbocycles. The number of benzene rings is 2. The second kappa shape index (κ2) is 6.62. The molecule has 2 aromatic carbocycles. The molecule has 0 aromatic heterocycles. The Labute approximate surface area is 142 Å². The number of sulfonamides is 1. The van der Waals surface area contributed by atoms with Crippen LogP contribution in [0.4, 0.5) is 11.4 Å².